The first kappa shape index (κ1) is 12.4. The minimum Gasteiger partial charge on any atom is -0.512 e. The summed E-state index contributed by atoms with van der Waals surface area (Å²) >= 11 is 0. The summed E-state index contributed by atoms with van der Waals surface area (Å²) in [5, 5.41) is 19.1. The Bertz CT molecular complexity index is 504. The number of aliphatic hydroxyl groups excluding tert-OH is 1. The molecule has 0 bridgehead atoms. The molecule has 0 radical (unpaired) electrons. The Kier molecular flexibility index (Phi) is 3.21. The van der Waals surface area contributed by atoms with Crippen molar-refractivity contribution in [1.29, 1.82) is 0 Å². The number of ether oxygens (including phenoxy) is 1. The molecule has 1 aromatic rings. The molecule has 2 unspecified atom stereocenters. The van der Waals surface area contributed by atoms with Gasteiger partial charge in [-0.3, -0.25) is 0 Å². The molecule has 1 aliphatic carbocycles. The van der Waals surface area contributed by atoms with E-state index in [-0.39, 0.29) is 11.7 Å². The van der Waals surface area contributed by atoms with E-state index >= 15 is 0 Å². The molecule has 0 saturated carbocycles. The maximum absolute atomic E-state index is 11.2. The molecule has 4 nitrogen and oxygen atoms in total. The lowest BCUT2D eigenvalue weighted by Gasteiger charge is -2.27. The van der Waals surface area contributed by atoms with Gasteiger partial charge in [-0.15, -0.1) is 0 Å². The smallest absolute Gasteiger partial charge is 0.344 e. The van der Waals surface area contributed by atoms with Crippen LogP contribution in [0.3, 0.4) is 0 Å². The number of allylic oxidation sites excluding steroid dienone is 1. The van der Waals surface area contributed by atoms with Crippen LogP contribution in [-0.4, -0.2) is 28.9 Å². The highest BCUT2D eigenvalue weighted by Crippen LogP contribution is 2.32. The number of aliphatic hydroxyl groups is 1. The Hall–Kier alpha value is -2.07. The molecule has 2 rings (SSSR count). The molecule has 0 heterocycles. The summed E-state index contributed by atoms with van der Waals surface area (Å²) in [5.74, 6) is -1.50. The highest BCUT2D eigenvalue weighted by molar-refractivity contribution is 5.83. The summed E-state index contributed by atoms with van der Waals surface area (Å²) in [6.07, 6.45) is 4.32. The SMILES string of the molecule is COC1(C(=O)O)C=CC(c2ccccc2)C(O)=C1. The van der Waals surface area contributed by atoms with Crippen LogP contribution in [0.5, 0.6) is 0 Å². The maximum atomic E-state index is 11.2. The second-order valence-electron chi connectivity index (χ2n) is 4.12. The largest absolute Gasteiger partial charge is 0.512 e. The molecule has 2 N–H and O–H groups in total. The van der Waals surface area contributed by atoms with Gasteiger partial charge in [-0.1, -0.05) is 36.4 Å². The van der Waals surface area contributed by atoms with Crippen molar-refractivity contribution in [2.45, 2.75) is 11.5 Å². The second kappa shape index (κ2) is 4.66. The van der Waals surface area contributed by atoms with Crippen molar-refractivity contribution < 1.29 is 19.7 Å². The maximum Gasteiger partial charge on any atom is 0.344 e. The van der Waals surface area contributed by atoms with E-state index in [2.05, 4.69) is 0 Å². The van der Waals surface area contributed by atoms with Crippen LogP contribution >= 0.6 is 0 Å². The van der Waals surface area contributed by atoms with Gasteiger partial charge < -0.3 is 14.9 Å². The lowest BCUT2D eigenvalue weighted by atomic mass is 9.86. The predicted molar refractivity (Wildman–Crippen MR) is 66.4 cm³/mol. The average Bonchev–Trinajstić information content (AvgIpc) is 2.39. The minimum atomic E-state index is -1.57. The van der Waals surface area contributed by atoms with E-state index in [9.17, 15) is 9.90 Å². The van der Waals surface area contributed by atoms with Crippen LogP contribution in [0.25, 0.3) is 0 Å². The second-order valence-corrected chi connectivity index (χ2v) is 4.12. The molecule has 1 aliphatic rings. The highest BCUT2D eigenvalue weighted by atomic mass is 16.5. The third-order valence-electron chi connectivity index (χ3n) is 3.05. The van der Waals surface area contributed by atoms with Crippen LogP contribution < -0.4 is 0 Å². The molecular weight excluding hydrogens is 232 g/mol. The summed E-state index contributed by atoms with van der Waals surface area (Å²) in [6.45, 7) is 0. The molecule has 0 fully saturated rings. The van der Waals surface area contributed by atoms with Gasteiger partial charge in [0.1, 0.15) is 5.76 Å². The van der Waals surface area contributed by atoms with Crippen molar-refractivity contribution in [2.75, 3.05) is 7.11 Å². The van der Waals surface area contributed by atoms with Crippen LogP contribution in [0, 0.1) is 0 Å². The summed E-state index contributed by atoms with van der Waals surface area (Å²) in [7, 11) is 1.30. The van der Waals surface area contributed by atoms with Gasteiger partial charge in [0.15, 0.2) is 0 Å². The molecule has 18 heavy (non-hydrogen) atoms. The zero-order chi connectivity index (χ0) is 13.2. The van der Waals surface area contributed by atoms with Gasteiger partial charge >= 0.3 is 5.97 Å². The molecule has 1 aromatic carbocycles. The van der Waals surface area contributed by atoms with Crippen molar-refractivity contribution in [1.82, 2.24) is 0 Å². The number of hydrogen-bond donors (Lipinski definition) is 2. The molecule has 94 valence electrons. The third kappa shape index (κ3) is 2.02. The lowest BCUT2D eigenvalue weighted by molar-refractivity contribution is -0.152. The minimum absolute atomic E-state index is 0.0204. The fraction of sp³-hybridized carbons (Fsp3) is 0.214. The fourth-order valence-corrected chi connectivity index (χ4v) is 1.98. The average molecular weight is 246 g/mol. The summed E-state index contributed by atoms with van der Waals surface area (Å²) in [4.78, 5) is 11.2. The third-order valence-corrected chi connectivity index (χ3v) is 3.05. The number of aliphatic carboxylic acids is 1. The first-order valence-electron chi connectivity index (χ1n) is 5.53. The van der Waals surface area contributed by atoms with E-state index in [0.29, 0.717) is 0 Å². The Morgan fingerprint density at radius 1 is 1.33 bits per heavy atom. The number of carboxylic acids is 1. The van der Waals surface area contributed by atoms with Crippen molar-refractivity contribution in [3.05, 3.63) is 59.9 Å². The van der Waals surface area contributed by atoms with E-state index in [1.54, 1.807) is 6.08 Å². The van der Waals surface area contributed by atoms with Gasteiger partial charge in [0.25, 0.3) is 0 Å². The van der Waals surface area contributed by atoms with Crippen LogP contribution in [0.1, 0.15) is 11.5 Å². The normalized spacial score (nSPS) is 26.7. The van der Waals surface area contributed by atoms with E-state index in [1.165, 1.54) is 19.3 Å². The first-order valence-corrected chi connectivity index (χ1v) is 5.53. The predicted octanol–water partition coefficient (Wildman–Crippen LogP) is 2.25. The number of benzene rings is 1. The first-order chi connectivity index (χ1) is 8.59. The molecule has 4 heteroatoms. The topological polar surface area (TPSA) is 66.8 Å². The van der Waals surface area contributed by atoms with Crippen molar-refractivity contribution in [3.8, 4) is 0 Å². The van der Waals surface area contributed by atoms with Crippen LogP contribution in [0.2, 0.25) is 0 Å². The zero-order valence-electron chi connectivity index (χ0n) is 9.91. The quantitative estimate of drug-likeness (QED) is 0.803. The lowest BCUT2D eigenvalue weighted by Crippen LogP contribution is -2.38. The number of rotatable bonds is 3. The summed E-state index contributed by atoms with van der Waals surface area (Å²) in [5.41, 5.74) is -0.673. The van der Waals surface area contributed by atoms with Crippen molar-refractivity contribution >= 4 is 5.97 Å². The standard InChI is InChI=1S/C14H14O4/c1-18-14(13(16)17)8-7-11(12(15)9-14)10-5-3-2-4-6-10/h2-9,11,15H,1H3,(H,16,17). The van der Waals surface area contributed by atoms with Gasteiger partial charge in [0.05, 0.1) is 5.92 Å². The van der Waals surface area contributed by atoms with E-state index in [4.69, 9.17) is 9.84 Å². The van der Waals surface area contributed by atoms with Crippen LogP contribution in [-0.2, 0) is 9.53 Å². The summed E-state index contributed by atoms with van der Waals surface area (Å²) < 4.78 is 4.97. The van der Waals surface area contributed by atoms with Gasteiger partial charge in [0, 0.05) is 13.2 Å². The number of carboxylic acid groups (broad SMARTS) is 1. The highest BCUT2D eigenvalue weighted by Gasteiger charge is 2.38. The van der Waals surface area contributed by atoms with Gasteiger partial charge in [-0.25, -0.2) is 4.79 Å². The van der Waals surface area contributed by atoms with Gasteiger partial charge in [0.2, 0.25) is 5.60 Å². The van der Waals surface area contributed by atoms with E-state index in [0.717, 1.165) is 5.56 Å². The van der Waals surface area contributed by atoms with Crippen molar-refractivity contribution in [2.24, 2.45) is 0 Å². The molecule has 0 aromatic heterocycles. The fourth-order valence-electron chi connectivity index (χ4n) is 1.98. The van der Waals surface area contributed by atoms with Crippen molar-refractivity contribution in [3.63, 3.8) is 0 Å². The Labute approximate surface area is 105 Å². The van der Waals surface area contributed by atoms with E-state index < -0.39 is 11.6 Å². The molecular formula is C14H14O4. The van der Waals surface area contributed by atoms with Gasteiger partial charge in [-0.2, -0.15) is 0 Å². The van der Waals surface area contributed by atoms with Crippen LogP contribution in [0.4, 0.5) is 0 Å². The number of carbonyl (C=O) groups is 1. The Morgan fingerprint density at radius 2 is 2.00 bits per heavy atom. The molecule has 2 atom stereocenters. The summed E-state index contributed by atoms with van der Waals surface area (Å²) in [6, 6.07) is 9.37. The monoisotopic (exact) mass is 246 g/mol. The number of methoxy groups -OCH3 is 1. The molecule has 0 spiro atoms. The molecule has 0 saturated heterocycles. The van der Waals surface area contributed by atoms with Crippen LogP contribution in [0.15, 0.2) is 54.3 Å². The number of hydrogen-bond acceptors (Lipinski definition) is 3. The van der Waals surface area contributed by atoms with Gasteiger partial charge in [-0.05, 0) is 11.6 Å². The Balaban J connectivity index is 2.35. The zero-order valence-corrected chi connectivity index (χ0v) is 9.91. The molecule has 0 aliphatic heterocycles. The Morgan fingerprint density at radius 3 is 2.50 bits per heavy atom. The van der Waals surface area contributed by atoms with E-state index in [1.807, 2.05) is 30.3 Å². The molecule has 0 amide bonds.